The van der Waals surface area contributed by atoms with Gasteiger partial charge in [0.05, 0.1) is 6.61 Å². The summed E-state index contributed by atoms with van der Waals surface area (Å²) in [5, 5.41) is 20.3. The summed E-state index contributed by atoms with van der Waals surface area (Å²) in [5.41, 5.74) is 0.705. The van der Waals surface area contributed by atoms with Crippen LogP contribution in [0.5, 0.6) is 5.75 Å². The number of hydrogen-bond donors (Lipinski definition) is 1. The van der Waals surface area contributed by atoms with Crippen LogP contribution in [0.25, 0.3) is 0 Å². The zero-order valence-electron chi connectivity index (χ0n) is 17.8. The van der Waals surface area contributed by atoms with E-state index in [1.54, 1.807) is 12.1 Å². The molecule has 1 saturated heterocycles. The molecule has 1 fully saturated rings. The van der Waals surface area contributed by atoms with Crippen molar-refractivity contribution in [1.82, 2.24) is 0 Å². The minimum atomic E-state index is -1.32. The maximum atomic E-state index is 11.7. The van der Waals surface area contributed by atoms with Crippen LogP contribution < -0.4 is 4.74 Å². The minimum Gasteiger partial charge on any atom is -0.461 e. The number of aliphatic hydroxyl groups excluding tert-OH is 1. The van der Waals surface area contributed by atoms with Crippen LogP contribution in [0.15, 0.2) is 24.3 Å². The van der Waals surface area contributed by atoms with Gasteiger partial charge < -0.3 is 28.8 Å². The molecule has 1 N–H and O–H groups in total. The number of aliphatic hydroxyl groups is 1. The van der Waals surface area contributed by atoms with E-state index in [1.165, 1.54) is 12.1 Å². The van der Waals surface area contributed by atoms with Gasteiger partial charge in [0, 0.05) is 32.1 Å². The van der Waals surface area contributed by atoms with Crippen LogP contribution in [0.2, 0.25) is 0 Å². The van der Waals surface area contributed by atoms with Gasteiger partial charge in [0.15, 0.2) is 12.2 Å². The smallest absolute Gasteiger partial charge is 0.303 e. The van der Waals surface area contributed by atoms with E-state index in [9.17, 15) is 29.6 Å². The van der Waals surface area contributed by atoms with Gasteiger partial charge in [-0.15, -0.1) is 0 Å². The van der Waals surface area contributed by atoms with Crippen molar-refractivity contribution in [3.05, 3.63) is 39.9 Å². The van der Waals surface area contributed by atoms with Crippen molar-refractivity contribution in [3.8, 4) is 5.75 Å². The van der Waals surface area contributed by atoms with Crippen LogP contribution in [0.3, 0.4) is 0 Å². The number of hydrogen-bond acceptors (Lipinski definition) is 11. The number of benzene rings is 1. The van der Waals surface area contributed by atoms with Gasteiger partial charge >= 0.3 is 17.9 Å². The van der Waals surface area contributed by atoms with E-state index in [0.29, 0.717) is 5.56 Å². The third kappa shape index (κ3) is 7.17. The summed E-state index contributed by atoms with van der Waals surface area (Å²) in [5.74, 6) is -1.93. The Morgan fingerprint density at radius 1 is 0.969 bits per heavy atom. The second-order valence-corrected chi connectivity index (χ2v) is 7.02. The molecule has 5 atom stereocenters. The molecule has 2 rings (SSSR count). The van der Waals surface area contributed by atoms with E-state index < -0.39 is 60.1 Å². The predicted octanol–water partition coefficient (Wildman–Crippen LogP) is 0.397. The SMILES string of the molecule is CC(=O)O[C@@H]1[C@@H](OC(C)=O)[C@H](Oc2ccc(CC[N+](=O)[O-])cc2)O[C@H](CO)[C@H]1OC(C)=O. The molecule has 1 aliphatic rings. The Labute approximate surface area is 183 Å². The van der Waals surface area contributed by atoms with Crippen molar-refractivity contribution in [3.63, 3.8) is 0 Å². The number of nitrogens with zero attached hydrogens (tertiary/aromatic N) is 1. The molecule has 0 amide bonds. The summed E-state index contributed by atoms with van der Waals surface area (Å²) < 4.78 is 27.2. The lowest BCUT2D eigenvalue weighted by atomic mass is 9.98. The first-order chi connectivity index (χ1) is 15.1. The highest BCUT2D eigenvalue weighted by Crippen LogP contribution is 2.30. The van der Waals surface area contributed by atoms with Gasteiger partial charge in [-0.3, -0.25) is 24.5 Å². The van der Waals surface area contributed by atoms with Crippen LogP contribution in [-0.2, 0) is 39.8 Å². The van der Waals surface area contributed by atoms with Crippen LogP contribution in [0.4, 0.5) is 0 Å². The van der Waals surface area contributed by atoms with Gasteiger partial charge in [0.1, 0.15) is 11.9 Å². The number of carbonyl (C=O) groups excluding carboxylic acids is 3. The summed E-state index contributed by atoms with van der Waals surface area (Å²) in [6.45, 7) is 2.55. The van der Waals surface area contributed by atoms with E-state index in [2.05, 4.69) is 0 Å². The molecule has 1 aliphatic heterocycles. The van der Waals surface area contributed by atoms with Gasteiger partial charge in [0.25, 0.3) is 0 Å². The van der Waals surface area contributed by atoms with E-state index in [1.807, 2.05) is 0 Å². The highest BCUT2D eigenvalue weighted by molar-refractivity contribution is 5.68. The Morgan fingerprint density at radius 2 is 1.50 bits per heavy atom. The molecule has 0 bridgehead atoms. The molecular formula is C20H25NO11. The van der Waals surface area contributed by atoms with Gasteiger partial charge in [-0.25, -0.2) is 0 Å². The molecule has 1 aromatic rings. The largest absolute Gasteiger partial charge is 0.461 e. The molecular weight excluding hydrogens is 430 g/mol. The Bertz CT molecular complexity index is 825. The zero-order chi connectivity index (χ0) is 23.8. The molecule has 12 nitrogen and oxygen atoms in total. The first-order valence-corrected chi connectivity index (χ1v) is 9.76. The topological polar surface area (TPSA) is 161 Å². The highest BCUT2D eigenvalue weighted by atomic mass is 16.7. The standard InChI is InChI=1S/C20H25NO11/c1-11(23)28-17-16(10-22)32-20(19(30-13(3)25)18(17)29-12(2)24)31-15-6-4-14(5-7-15)8-9-21(26)27/h4-7,16-20,22H,8-10H2,1-3H3/t16-,17-,18+,19-,20-/m1/s1. The van der Waals surface area contributed by atoms with Crippen molar-refractivity contribution in [2.45, 2.75) is 57.9 Å². The monoisotopic (exact) mass is 455 g/mol. The second-order valence-electron chi connectivity index (χ2n) is 7.02. The van der Waals surface area contributed by atoms with Crippen molar-refractivity contribution in [1.29, 1.82) is 0 Å². The second kappa shape index (κ2) is 11.4. The molecule has 0 saturated carbocycles. The average Bonchev–Trinajstić information content (AvgIpc) is 2.70. The van der Waals surface area contributed by atoms with Crippen molar-refractivity contribution in [2.24, 2.45) is 0 Å². The molecule has 1 heterocycles. The van der Waals surface area contributed by atoms with Crippen LogP contribution in [0.1, 0.15) is 26.3 Å². The van der Waals surface area contributed by atoms with Gasteiger partial charge in [-0.1, -0.05) is 12.1 Å². The zero-order valence-corrected chi connectivity index (χ0v) is 17.8. The van der Waals surface area contributed by atoms with Crippen LogP contribution in [0, 0.1) is 10.1 Å². The fraction of sp³-hybridized carbons (Fsp3) is 0.550. The lowest BCUT2D eigenvalue weighted by molar-refractivity contribution is -0.479. The Hall–Kier alpha value is -3.25. The van der Waals surface area contributed by atoms with Gasteiger partial charge in [-0.2, -0.15) is 0 Å². The van der Waals surface area contributed by atoms with E-state index in [4.69, 9.17) is 23.7 Å². The summed E-state index contributed by atoms with van der Waals surface area (Å²) in [6.07, 6.45) is -6.12. The fourth-order valence-electron chi connectivity index (χ4n) is 3.19. The molecule has 0 unspecified atom stereocenters. The first-order valence-electron chi connectivity index (χ1n) is 9.76. The summed E-state index contributed by atoms with van der Waals surface area (Å²) in [7, 11) is 0. The minimum absolute atomic E-state index is 0.222. The van der Waals surface area contributed by atoms with E-state index in [-0.39, 0.29) is 18.7 Å². The number of ether oxygens (including phenoxy) is 5. The Kier molecular flexibility index (Phi) is 8.91. The summed E-state index contributed by atoms with van der Waals surface area (Å²) >= 11 is 0. The van der Waals surface area contributed by atoms with Crippen LogP contribution >= 0.6 is 0 Å². The third-order valence-electron chi connectivity index (χ3n) is 4.44. The third-order valence-corrected chi connectivity index (χ3v) is 4.44. The lowest BCUT2D eigenvalue weighted by Crippen LogP contribution is -2.63. The lowest BCUT2D eigenvalue weighted by Gasteiger charge is -2.43. The molecule has 0 radical (unpaired) electrons. The number of esters is 3. The molecule has 12 heteroatoms. The quantitative estimate of drug-likeness (QED) is 0.237. The maximum absolute atomic E-state index is 11.7. The number of carbonyl (C=O) groups is 3. The van der Waals surface area contributed by atoms with Gasteiger partial charge in [0.2, 0.25) is 18.9 Å². The van der Waals surface area contributed by atoms with Crippen molar-refractivity contribution < 1.29 is 48.1 Å². The fourth-order valence-corrected chi connectivity index (χ4v) is 3.19. The molecule has 0 aliphatic carbocycles. The molecule has 1 aromatic carbocycles. The highest BCUT2D eigenvalue weighted by Gasteiger charge is 2.52. The van der Waals surface area contributed by atoms with Crippen molar-refractivity contribution >= 4 is 17.9 Å². The van der Waals surface area contributed by atoms with E-state index >= 15 is 0 Å². The van der Waals surface area contributed by atoms with E-state index in [0.717, 1.165) is 20.8 Å². The number of rotatable bonds is 9. The normalized spacial score (nSPS) is 24.8. The summed E-state index contributed by atoms with van der Waals surface area (Å²) in [6, 6.07) is 6.32. The summed E-state index contributed by atoms with van der Waals surface area (Å²) in [4.78, 5) is 45.0. The van der Waals surface area contributed by atoms with Crippen LogP contribution in [-0.4, -0.2) is 71.8 Å². The average molecular weight is 455 g/mol. The van der Waals surface area contributed by atoms with Crippen molar-refractivity contribution in [2.75, 3.05) is 13.2 Å². The first kappa shape index (κ1) is 25.0. The molecule has 176 valence electrons. The Morgan fingerprint density at radius 3 is 2.00 bits per heavy atom. The number of nitro groups is 1. The molecule has 32 heavy (non-hydrogen) atoms. The predicted molar refractivity (Wildman–Crippen MR) is 105 cm³/mol. The maximum Gasteiger partial charge on any atom is 0.303 e. The molecule has 0 aromatic heterocycles. The molecule has 0 spiro atoms. The van der Waals surface area contributed by atoms with Gasteiger partial charge in [-0.05, 0) is 17.7 Å². The Balaban J connectivity index is 2.30.